The minimum atomic E-state index is -0.692. The lowest BCUT2D eigenvalue weighted by molar-refractivity contribution is 0.0897. The maximum absolute atomic E-state index is 11.9. The zero-order chi connectivity index (χ0) is 12.3. The van der Waals surface area contributed by atoms with Gasteiger partial charge in [0.2, 0.25) is 0 Å². The van der Waals surface area contributed by atoms with E-state index >= 15 is 0 Å². The second-order valence-corrected chi connectivity index (χ2v) is 4.64. The molecule has 0 aromatic carbocycles. The third-order valence-electron chi connectivity index (χ3n) is 3.21. The van der Waals surface area contributed by atoms with Crippen molar-refractivity contribution in [3.05, 3.63) is 17.5 Å². The van der Waals surface area contributed by atoms with Crippen LogP contribution in [0.3, 0.4) is 0 Å². The fraction of sp³-hybridized carbons (Fsp3) is 0.583. The van der Waals surface area contributed by atoms with Crippen molar-refractivity contribution < 1.29 is 4.79 Å². The maximum atomic E-state index is 11.9. The van der Waals surface area contributed by atoms with Gasteiger partial charge in [-0.05, 0) is 25.8 Å². The molecule has 1 heterocycles. The molecule has 0 bridgehead atoms. The van der Waals surface area contributed by atoms with Gasteiger partial charge < -0.3 is 5.32 Å². The molecule has 0 radical (unpaired) electrons. The van der Waals surface area contributed by atoms with Crippen LogP contribution in [-0.4, -0.2) is 21.6 Å². The summed E-state index contributed by atoms with van der Waals surface area (Å²) in [6, 6.07) is 3.94. The fourth-order valence-electron chi connectivity index (χ4n) is 2.24. The van der Waals surface area contributed by atoms with Crippen molar-refractivity contribution in [3.63, 3.8) is 0 Å². The van der Waals surface area contributed by atoms with E-state index in [0.717, 1.165) is 37.8 Å². The van der Waals surface area contributed by atoms with E-state index in [1.54, 1.807) is 6.07 Å². The van der Waals surface area contributed by atoms with Crippen LogP contribution in [0.4, 0.5) is 0 Å². The summed E-state index contributed by atoms with van der Waals surface area (Å²) in [6.45, 7) is 1.84. The molecule has 1 aromatic rings. The lowest BCUT2D eigenvalue weighted by Crippen LogP contribution is -2.48. The highest BCUT2D eigenvalue weighted by Crippen LogP contribution is 2.27. The smallest absolute Gasteiger partial charge is 0.273 e. The highest BCUT2D eigenvalue weighted by atomic mass is 16.2. The topological polar surface area (TPSA) is 81.6 Å². The van der Waals surface area contributed by atoms with E-state index in [0.29, 0.717) is 5.69 Å². The summed E-state index contributed by atoms with van der Waals surface area (Å²) in [5.74, 6) is -0.266. The summed E-state index contributed by atoms with van der Waals surface area (Å²) in [7, 11) is 0. The van der Waals surface area contributed by atoms with Crippen LogP contribution in [-0.2, 0) is 0 Å². The Bertz CT molecular complexity index is 451. The quantitative estimate of drug-likeness (QED) is 0.813. The SMILES string of the molecule is Cc1cc(C(=O)NC2(C#N)CCCCC2)n[nH]1. The van der Waals surface area contributed by atoms with Gasteiger partial charge in [-0.2, -0.15) is 10.4 Å². The first-order valence-corrected chi connectivity index (χ1v) is 5.91. The number of H-pyrrole nitrogens is 1. The van der Waals surface area contributed by atoms with E-state index in [-0.39, 0.29) is 5.91 Å². The Hall–Kier alpha value is -1.83. The Morgan fingerprint density at radius 1 is 1.53 bits per heavy atom. The van der Waals surface area contributed by atoms with Gasteiger partial charge in [0.15, 0.2) is 0 Å². The molecule has 2 rings (SSSR count). The van der Waals surface area contributed by atoms with Gasteiger partial charge in [0.25, 0.3) is 5.91 Å². The predicted molar refractivity (Wildman–Crippen MR) is 62.2 cm³/mol. The molecule has 1 fully saturated rings. The Morgan fingerprint density at radius 3 is 2.76 bits per heavy atom. The van der Waals surface area contributed by atoms with Gasteiger partial charge in [0, 0.05) is 5.69 Å². The number of hydrogen-bond acceptors (Lipinski definition) is 3. The number of hydrogen-bond donors (Lipinski definition) is 2. The Morgan fingerprint density at radius 2 is 2.24 bits per heavy atom. The molecule has 5 heteroatoms. The van der Waals surface area contributed by atoms with Gasteiger partial charge in [-0.15, -0.1) is 0 Å². The normalized spacial score (nSPS) is 18.4. The van der Waals surface area contributed by atoms with Crippen LogP contribution < -0.4 is 5.32 Å². The molecule has 5 nitrogen and oxygen atoms in total. The zero-order valence-electron chi connectivity index (χ0n) is 9.92. The van der Waals surface area contributed by atoms with Crippen LogP contribution in [0.15, 0.2) is 6.07 Å². The van der Waals surface area contributed by atoms with Gasteiger partial charge in [-0.1, -0.05) is 19.3 Å². The van der Waals surface area contributed by atoms with Crippen molar-refractivity contribution in [2.24, 2.45) is 0 Å². The van der Waals surface area contributed by atoms with Crippen molar-refractivity contribution in [2.45, 2.75) is 44.6 Å². The molecule has 1 aromatic heterocycles. The van der Waals surface area contributed by atoms with Gasteiger partial charge in [-0.25, -0.2) is 0 Å². The summed E-state index contributed by atoms with van der Waals surface area (Å²) in [5.41, 5.74) is 0.495. The highest BCUT2D eigenvalue weighted by Gasteiger charge is 2.34. The third kappa shape index (κ3) is 2.47. The van der Waals surface area contributed by atoms with Crippen LogP contribution >= 0.6 is 0 Å². The monoisotopic (exact) mass is 232 g/mol. The summed E-state index contributed by atoms with van der Waals surface area (Å²) in [5, 5.41) is 18.7. The standard InChI is InChI=1S/C12H16N4O/c1-9-7-10(16-15-9)11(17)14-12(8-13)5-3-2-4-6-12/h7H,2-6H2,1H3,(H,14,17)(H,15,16). The summed E-state index contributed by atoms with van der Waals surface area (Å²) in [4.78, 5) is 11.9. The maximum Gasteiger partial charge on any atom is 0.273 e. The number of nitriles is 1. The Kier molecular flexibility index (Phi) is 3.14. The zero-order valence-corrected chi connectivity index (χ0v) is 9.92. The third-order valence-corrected chi connectivity index (χ3v) is 3.21. The van der Waals surface area contributed by atoms with Crippen molar-refractivity contribution in [2.75, 3.05) is 0 Å². The molecule has 1 aliphatic rings. The Labute approximate surface area is 100 Å². The molecule has 17 heavy (non-hydrogen) atoms. The summed E-state index contributed by atoms with van der Waals surface area (Å²) >= 11 is 0. The van der Waals surface area contributed by atoms with Crippen molar-refractivity contribution in [1.29, 1.82) is 5.26 Å². The molecule has 90 valence electrons. The summed E-state index contributed by atoms with van der Waals surface area (Å²) < 4.78 is 0. The fourth-order valence-corrected chi connectivity index (χ4v) is 2.24. The van der Waals surface area contributed by atoms with Gasteiger partial charge in [-0.3, -0.25) is 9.89 Å². The molecule has 0 saturated heterocycles. The average Bonchev–Trinajstić information content (AvgIpc) is 2.77. The molecular formula is C12H16N4O. The number of aryl methyl sites for hydroxylation is 1. The molecule has 2 N–H and O–H groups in total. The van der Waals surface area contributed by atoms with E-state index < -0.39 is 5.54 Å². The van der Waals surface area contributed by atoms with E-state index in [4.69, 9.17) is 0 Å². The van der Waals surface area contributed by atoms with E-state index in [1.165, 1.54) is 0 Å². The highest BCUT2D eigenvalue weighted by molar-refractivity contribution is 5.93. The van der Waals surface area contributed by atoms with E-state index in [1.807, 2.05) is 6.92 Å². The number of nitrogens with one attached hydrogen (secondary N) is 2. The minimum absolute atomic E-state index is 0.266. The number of nitrogens with zero attached hydrogens (tertiary/aromatic N) is 2. The second kappa shape index (κ2) is 4.58. The van der Waals surface area contributed by atoms with E-state index in [2.05, 4.69) is 21.6 Å². The average molecular weight is 232 g/mol. The van der Waals surface area contributed by atoms with Crippen LogP contribution in [0.25, 0.3) is 0 Å². The molecule has 0 aliphatic heterocycles. The lowest BCUT2D eigenvalue weighted by atomic mass is 9.83. The van der Waals surface area contributed by atoms with Crippen molar-refractivity contribution >= 4 is 5.91 Å². The molecule has 0 spiro atoms. The van der Waals surface area contributed by atoms with Crippen LogP contribution in [0, 0.1) is 18.3 Å². The number of rotatable bonds is 2. The van der Waals surface area contributed by atoms with Gasteiger partial charge in [0.1, 0.15) is 11.2 Å². The van der Waals surface area contributed by atoms with Gasteiger partial charge >= 0.3 is 0 Å². The van der Waals surface area contributed by atoms with E-state index in [9.17, 15) is 10.1 Å². The number of amides is 1. The van der Waals surface area contributed by atoms with Crippen molar-refractivity contribution in [3.8, 4) is 6.07 Å². The number of carbonyl (C=O) groups excluding carboxylic acids is 1. The first kappa shape index (κ1) is 11.6. The van der Waals surface area contributed by atoms with Crippen molar-refractivity contribution in [1.82, 2.24) is 15.5 Å². The predicted octanol–water partition coefficient (Wildman–Crippen LogP) is 1.67. The molecule has 1 saturated carbocycles. The van der Waals surface area contributed by atoms with Crippen LogP contribution in [0.1, 0.15) is 48.3 Å². The largest absolute Gasteiger partial charge is 0.332 e. The number of aromatic nitrogens is 2. The van der Waals surface area contributed by atoms with Crippen LogP contribution in [0.5, 0.6) is 0 Å². The number of carbonyl (C=O) groups is 1. The van der Waals surface area contributed by atoms with Crippen LogP contribution in [0.2, 0.25) is 0 Å². The second-order valence-electron chi connectivity index (χ2n) is 4.64. The summed E-state index contributed by atoms with van der Waals surface area (Å²) in [6.07, 6.45) is 4.60. The Balaban J connectivity index is 2.09. The molecule has 1 amide bonds. The molecule has 1 aliphatic carbocycles. The first-order valence-electron chi connectivity index (χ1n) is 5.91. The first-order chi connectivity index (χ1) is 8.15. The lowest BCUT2D eigenvalue weighted by Gasteiger charge is -2.31. The molecule has 0 unspecified atom stereocenters. The minimum Gasteiger partial charge on any atom is -0.332 e. The van der Waals surface area contributed by atoms with Gasteiger partial charge in [0.05, 0.1) is 6.07 Å². The number of aromatic amines is 1. The molecule has 0 atom stereocenters. The molecular weight excluding hydrogens is 216 g/mol.